The maximum atomic E-state index is 13.8. The quantitative estimate of drug-likeness (QED) is 0.211. The molecule has 8 nitrogen and oxygen atoms in total. The van der Waals surface area contributed by atoms with Gasteiger partial charge in [0.1, 0.15) is 12.0 Å². The first-order valence-corrected chi connectivity index (χ1v) is 17.4. The summed E-state index contributed by atoms with van der Waals surface area (Å²) in [6.07, 6.45) is 2.30. The van der Waals surface area contributed by atoms with Crippen molar-refractivity contribution in [1.29, 1.82) is 0 Å². The number of halogens is 3. The van der Waals surface area contributed by atoms with Gasteiger partial charge in [-0.1, -0.05) is 61.0 Å². The standard InChI is InChI=1S/C38H42F3N5O3/c39-38(40,41)26-42-36(48)37(33-12-3-1-10-30(33)31-11-2-4-13-34(31)37)16-6-7-17-44-18-20-45(21-19-44)28-15-14-27-24-43-46(35(47)32(27)23-28)25-29-9-5-8-22-49-29/h1-4,10-15,23-24,29H,5-9,16-22,25-26H2,(H,42,48). The lowest BCUT2D eigenvalue weighted by Crippen LogP contribution is -2.47. The zero-order valence-electron chi connectivity index (χ0n) is 27.6. The van der Waals surface area contributed by atoms with Crippen LogP contribution >= 0.6 is 0 Å². The van der Waals surface area contributed by atoms with Crippen molar-refractivity contribution in [2.45, 2.75) is 62.8 Å². The normalized spacial score (nSPS) is 19.1. The van der Waals surface area contributed by atoms with Gasteiger partial charge in [0.05, 0.1) is 24.2 Å². The van der Waals surface area contributed by atoms with Crippen LogP contribution in [0.4, 0.5) is 18.9 Å². The van der Waals surface area contributed by atoms with Crippen LogP contribution in [0.5, 0.6) is 0 Å². The Balaban J connectivity index is 0.986. The van der Waals surface area contributed by atoms with Crippen LogP contribution in [0.3, 0.4) is 0 Å². The lowest BCUT2D eigenvalue weighted by Gasteiger charge is -2.36. The molecular weight excluding hydrogens is 631 g/mol. The lowest BCUT2D eigenvalue weighted by atomic mass is 9.73. The number of rotatable bonds is 10. The van der Waals surface area contributed by atoms with Crippen molar-refractivity contribution in [2.24, 2.45) is 0 Å². The third-order valence-corrected chi connectivity index (χ3v) is 10.4. The monoisotopic (exact) mass is 673 g/mol. The summed E-state index contributed by atoms with van der Waals surface area (Å²) < 4.78 is 47.0. The smallest absolute Gasteiger partial charge is 0.376 e. The molecule has 0 bridgehead atoms. The average molecular weight is 674 g/mol. The third-order valence-electron chi connectivity index (χ3n) is 10.4. The van der Waals surface area contributed by atoms with Gasteiger partial charge in [-0.2, -0.15) is 18.3 Å². The predicted molar refractivity (Wildman–Crippen MR) is 184 cm³/mol. The third kappa shape index (κ3) is 6.83. The molecule has 0 spiro atoms. The molecule has 4 aromatic rings. The highest BCUT2D eigenvalue weighted by molar-refractivity contribution is 6.00. The van der Waals surface area contributed by atoms with Crippen molar-refractivity contribution in [1.82, 2.24) is 20.0 Å². The Bertz CT molecular complexity index is 1820. The number of carbonyl (C=O) groups excluding carboxylic acids is 1. The molecule has 1 aliphatic carbocycles. The first-order chi connectivity index (χ1) is 23.7. The van der Waals surface area contributed by atoms with E-state index in [2.05, 4.69) is 20.2 Å². The molecule has 1 atom stereocenters. The van der Waals surface area contributed by atoms with Gasteiger partial charge in [-0.3, -0.25) is 14.5 Å². The zero-order chi connectivity index (χ0) is 34.0. The fraction of sp³-hybridized carbons (Fsp3) is 0.447. The Morgan fingerprint density at radius 2 is 1.65 bits per heavy atom. The molecule has 2 fully saturated rings. The number of unbranched alkanes of at least 4 members (excludes halogenated alkanes) is 1. The first-order valence-electron chi connectivity index (χ1n) is 17.4. The fourth-order valence-electron chi connectivity index (χ4n) is 7.88. The number of nitrogens with one attached hydrogen (secondary N) is 1. The molecule has 2 saturated heterocycles. The number of alkyl halides is 3. The molecule has 1 amide bonds. The van der Waals surface area contributed by atoms with Crippen molar-refractivity contribution in [2.75, 3.05) is 50.8 Å². The number of anilines is 1. The Morgan fingerprint density at radius 1 is 0.939 bits per heavy atom. The Morgan fingerprint density at radius 3 is 2.33 bits per heavy atom. The van der Waals surface area contributed by atoms with Gasteiger partial charge < -0.3 is 15.0 Å². The molecule has 2 aliphatic heterocycles. The molecular formula is C38H42F3N5O3. The Kier molecular flexibility index (Phi) is 9.48. The average Bonchev–Trinajstić information content (AvgIpc) is 3.41. The van der Waals surface area contributed by atoms with Crippen LogP contribution in [0, 0.1) is 0 Å². The summed E-state index contributed by atoms with van der Waals surface area (Å²) in [4.78, 5) is 31.8. The van der Waals surface area contributed by atoms with Gasteiger partial charge in [0.15, 0.2) is 0 Å². The fourth-order valence-corrected chi connectivity index (χ4v) is 7.88. The highest BCUT2D eigenvalue weighted by Crippen LogP contribution is 2.51. The van der Waals surface area contributed by atoms with Crippen LogP contribution in [0.1, 0.15) is 49.7 Å². The van der Waals surface area contributed by atoms with Crippen LogP contribution in [0.15, 0.2) is 77.7 Å². The summed E-state index contributed by atoms with van der Waals surface area (Å²) in [7, 11) is 0. The molecule has 3 heterocycles. The van der Waals surface area contributed by atoms with E-state index in [1.807, 2.05) is 66.7 Å². The molecule has 0 saturated carbocycles. The van der Waals surface area contributed by atoms with E-state index in [-0.39, 0.29) is 11.7 Å². The van der Waals surface area contributed by atoms with E-state index in [1.54, 1.807) is 6.20 Å². The van der Waals surface area contributed by atoms with Gasteiger partial charge in [-0.15, -0.1) is 0 Å². The minimum atomic E-state index is -4.50. The number of amides is 1. The number of piperazine rings is 1. The SMILES string of the molecule is O=C(NCC(F)(F)F)C1(CCCCN2CCN(c3ccc4cnn(CC5CCCCO5)c(=O)c4c3)CC2)c2ccccc2-c2ccccc21. The zero-order valence-corrected chi connectivity index (χ0v) is 27.6. The summed E-state index contributed by atoms with van der Waals surface area (Å²) in [5.41, 5.74) is 3.09. The van der Waals surface area contributed by atoms with Crippen molar-refractivity contribution < 1.29 is 22.7 Å². The minimum absolute atomic E-state index is 0.0227. The van der Waals surface area contributed by atoms with Crippen LogP contribution in [0.25, 0.3) is 21.9 Å². The summed E-state index contributed by atoms with van der Waals surface area (Å²) >= 11 is 0. The molecule has 7 rings (SSSR count). The molecule has 49 heavy (non-hydrogen) atoms. The van der Waals surface area contributed by atoms with Gasteiger partial charge in [-0.25, -0.2) is 4.68 Å². The molecule has 1 aromatic heterocycles. The van der Waals surface area contributed by atoms with Crippen LogP contribution in [0.2, 0.25) is 0 Å². The number of ether oxygens (including phenoxy) is 1. The Hall–Kier alpha value is -4.22. The van der Waals surface area contributed by atoms with Gasteiger partial charge in [0.25, 0.3) is 5.56 Å². The van der Waals surface area contributed by atoms with E-state index in [0.29, 0.717) is 24.8 Å². The maximum absolute atomic E-state index is 13.8. The highest BCUT2D eigenvalue weighted by atomic mass is 19.4. The van der Waals surface area contributed by atoms with Crippen LogP contribution in [-0.2, 0) is 21.5 Å². The largest absolute Gasteiger partial charge is 0.405 e. The van der Waals surface area contributed by atoms with E-state index in [4.69, 9.17) is 4.74 Å². The first kappa shape index (κ1) is 33.3. The molecule has 3 aromatic carbocycles. The lowest BCUT2D eigenvalue weighted by molar-refractivity contribution is -0.141. The second kappa shape index (κ2) is 14.0. The number of fused-ring (bicyclic) bond motifs is 4. The molecule has 0 radical (unpaired) electrons. The molecule has 3 aliphatic rings. The van der Waals surface area contributed by atoms with Gasteiger partial charge in [0.2, 0.25) is 5.91 Å². The number of carbonyl (C=O) groups is 1. The van der Waals surface area contributed by atoms with E-state index >= 15 is 0 Å². The number of aromatic nitrogens is 2. The maximum Gasteiger partial charge on any atom is 0.405 e. The van der Waals surface area contributed by atoms with Crippen LogP contribution in [-0.4, -0.2) is 78.7 Å². The van der Waals surface area contributed by atoms with Gasteiger partial charge >= 0.3 is 6.18 Å². The van der Waals surface area contributed by atoms with Crippen molar-refractivity contribution in [3.8, 4) is 11.1 Å². The van der Waals surface area contributed by atoms with Gasteiger partial charge in [0, 0.05) is 43.9 Å². The van der Waals surface area contributed by atoms with Crippen molar-refractivity contribution in [3.05, 3.63) is 94.4 Å². The van der Waals surface area contributed by atoms with Crippen LogP contribution < -0.4 is 15.8 Å². The van der Waals surface area contributed by atoms with E-state index in [9.17, 15) is 22.8 Å². The summed E-state index contributed by atoms with van der Waals surface area (Å²) in [5.74, 6) is -0.601. The van der Waals surface area contributed by atoms with E-state index in [0.717, 1.165) is 98.3 Å². The second-order valence-electron chi connectivity index (χ2n) is 13.5. The number of hydrogen-bond donors (Lipinski definition) is 1. The van der Waals surface area contributed by atoms with Crippen molar-refractivity contribution >= 4 is 22.4 Å². The van der Waals surface area contributed by atoms with Crippen molar-refractivity contribution in [3.63, 3.8) is 0 Å². The summed E-state index contributed by atoms with van der Waals surface area (Å²) in [6.45, 7) is 3.99. The number of hydrogen-bond acceptors (Lipinski definition) is 6. The topological polar surface area (TPSA) is 79.7 Å². The number of nitrogens with zero attached hydrogens (tertiary/aromatic N) is 4. The summed E-state index contributed by atoms with van der Waals surface area (Å²) in [5, 5.41) is 8.11. The van der Waals surface area contributed by atoms with Gasteiger partial charge in [-0.05, 0) is 73.0 Å². The predicted octanol–water partition coefficient (Wildman–Crippen LogP) is 5.90. The summed E-state index contributed by atoms with van der Waals surface area (Å²) in [6, 6.07) is 21.2. The van der Waals surface area contributed by atoms with E-state index in [1.165, 1.54) is 4.68 Å². The molecule has 258 valence electrons. The number of benzene rings is 3. The molecule has 1 N–H and O–H groups in total. The highest BCUT2D eigenvalue weighted by Gasteiger charge is 2.49. The minimum Gasteiger partial charge on any atom is -0.376 e. The second-order valence-corrected chi connectivity index (χ2v) is 13.5. The Labute approximate surface area is 283 Å². The molecule has 1 unspecified atom stereocenters. The molecule has 11 heteroatoms. The van der Waals surface area contributed by atoms with E-state index < -0.39 is 24.0 Å².